The van der Waals surface area contributed by atoms with E-state index in [4.69, 9.17) is 9.47 Å². The van der Waals surface area contributed by atoms with Crippen molar-refractivity contribution in [2.45, 2.75) is 12.5 Å². The first-order valence-electron chi connectivity index (χ1n) is 9.10. The zero-order chi connectivity index (χ0) is 20.1. The third-order valence-corrected chi connectivity index (χ3v) is 4.22. The van der Waals surface area contributed by atoms with Crippen molar-refractivity contribution in [2.24, 2.45) is 10.1 Å². The molecular formula is C20H19N5O4. The van der Waals surface area contributed by atoms with Crippen molar-refractivity contribution in [3.63, 3.8) is 0 Å². The lowest BCUT2D eigenvalue weighted by atomic mass is 10.2. The molecule has 0 fully saturated rings. The van der Waals surface area contributed by atoms with Gasteiger partial charge in [0.2, 0.25) is 11.9 Å². The van der Waals surface area contributed by atoms with Gasteiger partial charge in [-0.15, -0.1) is 0 Å². The maximum atomic E-state index is 12.3. The van der Waals surface area contributed by atoms with Crippen molar-refractivity contribution in [3.05, 3.63) is 54.1 Å². The number of ether oxygens (including phenoxy) is 2. The van der Waals surface area contributed by atoms with Crippen LogP contribution in [0.5, 0.6) is 11.5 Å². The highest BCUT2D eigenvalue weighted by atomic mass is 16.6. The Kier molecular flexibility index (Phi) is 5.37. The molecule has 0 aliphatic carbocycles. The van der Waals surface area contributed by atoms with Gasteiger partial charge in [0.25, 0.3) is 5.91 Å². The number of nitrogens with zero attached hydrogens (tertiary/aromatic N) is 2. The number of aliphatic imine (C=N–C) groups is 1. The first-order valence-corrected chi connectivity index (χ1v) is 9.10. The Hall–Kier alpha value is -3.88. The molecule has 1 unspecified atom stereocenters. The molecule has 2 aromatic carbocycles. The van der Waals surface area contributed by atoms with Gasteiger partial charge in [-0.1, -0.05) is 30.3 Å². The summed E-state index contributed by atoms with van der Waals surface area (Å²) in [5.41, 5.74) is 4.14. The number of rotatable bonds is 5. The van der Waals surface area contributed by atoms with Gasteiger partial charge in [0.1, 0.15) is 19.3 Å². The molecule has 2 aliphatic rings. The standard InChI is InChI=1S/C20H19N5O4/c26-18(22-14-6-7-16-17(10-14)29-9-8-28-16)11-15-19(27)24-20(23-15)25-21-12-13-4-2-1-3-5-13/h1-7,10,12,15H,8-9,11H2,(H,22,26)(H2,23,24,25,27). The number of hydrogen-bond acceptors (Lipinski definition) is 7. The van der Waals surface area contributed by atoms with Crippen molar-refractivity contribution in [2.75, 3.05) is 18.5 Å². The Bertz CT molecular complexity index is 974. The second kappa shape index (κ2) is 8.42. The predicted octanol–water partition coefficient (Wildman–Crippen LogP) is 1.26. The van der Waals surface area contributed by atoms with Crippen LogP contribution in [-0.4, -0.2) is 43.2 Å². The summed E-state index contributed by atoms with van der Waals surface area (Å²) in [4.78, 5) is 28.5. The van der Waals surface area contributed by atoms with Crippen molar-refractivity contribution in [1.29, 1.82) is 0 Å². The SMILES string of the molecule is O=C(CC1N=C(NN=Cc2ccccc2)NC1=O)Nc1ccc2c(c1)OCCO2. The maximum absolute atomic E-state index is 12.3. The first-order chi connectivity index (χ1) is 14.2. The summed E-state index contributed by atoms with van der Waals surface area (Å²) in [7, 11) is 0. The molecule has 0 aromatic heterocycles. The minimum atomic E-state index is -0.818. The van der Waals surface area contributed by atoms with E-state index in [1.165, 1.54) is 0 Å². The molecule has 2 heterocycles. The van der Waals surface area contributed by atoms with Gasteiger partial charge in [-0.05, 0) is 17.7 Å². The molecule has 0 saturated carbocycles. The molecule has 29 heavy (non-hydrogen) atoms. The van der Waals surface area contributed by atoms with E-state index < -0.39 is 6.04 Å². The van der Waals surface area contributed by atoms with Crippen LogP contribution in [0.2, 0.25) is 0 Å². The van der Waals surface area contributed by atoms with Crippen LogP contribution in [0.3, 0.4) is 0 Å². The zero-order valence-electron chi connectivity index (χ0n) is 15.4. The van der Waals surface area contributed by atoms with E-state index in [1.54, 1.807) is 24.4 Å². The fourth-order valence-corrected chi connectivity index (χ4v) is 2.86. The highest BCUT2D eigenvalue weighted by molar-refractivity contribution is 6.07. The van der Waals surface area contributed by atoms with Crippen LogP contribution in [0.1, 0.15) is 12.0 Å². The van der Waals surface area contributed by atoms with E-state index in [-0.39, 0.29) is 24.2 Å². The summed E-state index contributed by atoms with van der Waals surface area (Å²) in [5, 5.41) is 9.35. The topological polar surface area (TPSA) is 113 Å². The number of carbonyl (C=O) groups excluding carboxylic acids is 2. The molecule has 4 rings (SSSR count). The van der Waals surface area contributed by atoms with Gasteiger partial charge < -0.3 is 14.8 Å². The number of carbonyl (C=O) groups is 2. The number of hydrazone groups is 1. The van der Waals surface area contributed by atoms with Gasteiger partial charge >= 0.3 is 0 Å². The molecule has 1 atom stereocenters. The summed E-state index contributed by atoms with van der Waals surface area (Å²) in [6.07, 6.45) is 1.52. The summed E-state index contributed by atoms with van der Waals surface area (Å²) >= 11 is 0. The van der Waals surface area contributed by atoms with Crippen LogP contribution in [0.4, 0.5) is 5.69 Å². The van der Waals surface area contributed by atoms with Crippen LogP contribution < -0.4 is 25.5 Å². The van der Waals surface area contributed by atoms with E-state index in [0.717, 1.165) is 5.56 Å². The van der Waals surface area contributed by atoms with Crippen LogP contribution in [-0.2, 0) is 9.59 Å². The molecule has 3 N–H and O–H groups in total. The average molecular weight is 393 g/mol. The summed E-state index contributed by atoms with van der Waals surface area (Å²) < 4.78 is 10.9. The Morgan fingerprint density at radius 3 is 2.79 bits per heavy atom. The Labute approximate surface area is 166 Å². The number of anilines is 1. The third kappa shape index (κ3) is 4.70. The minimum Gasteiger partial charge on any atom is -0.486 e. The summed E-state index contributed by atoms with van der Waals surface area (Å²) in [6.45, 7) is 0.961. The number of benzene rings is 2. The second-order valence-electron chi connectivity index (χ2n) is 6.37. The van der Waals surface area contributed by atoms with Gasteiger partial charge in [-0.3, -0.25) is 14.9 Å². The van der Waals surface area contributed by atoms with Gasteiger partial charge in [0, 0.05) is 11.8 Å². The average Bonchev–Trinajstić information content (AvgIpc) is 3.07. The van der Waals surface area contributed by atoms with E-state index in [0.29, 0.717) is 30.4 Å². The largest absolute Gasteiger partial charge is 0.486 e. The second-order valence-corrected chi connectivity index (χ2v) is 6.37. The predicted molar refractivity (Wildman–Crippen MR) is 107 cm³/mol. The number of hydrogen-bond donors (Lipinski definition) is 3. The van der Waals surface area contributed by atoms with Gasteiger partial charge in [-0.25, -0.2) is 10.4 Å². The summed E-state index contributed by atoms with van der Waals surface area (Å²) in [6, 6.07) is 13.8. The number of nitrogens with one attached hydrogen (secondary N) is 3. The van der Waals surface area contributed by atoms with E-state index in [1.807, 2.05) is 30.3 Å². The molecule has 2 aromatic rings. The van der Waals surface area contributed by atoms with E-state index in [9.17, 15) is 9.59 Å². The van der Waals surface area contributed by atoms with Crippen molar-refractivity contribution >= 4 is 29.7 Å². The van der Waals surface area contributed by atoms with Gasteiger partial charge in [-0.2, -0.15) is 5.10 Å². The molecule has 2 aliphatic heterocycles. The zero-order valence-corrected chi connectivity index (χ0v) is 15.4. The molecular weight excluding hydrogens is 374 g/mol. The first kappa shape index (κ1) is 18.5. The molecule has 0 spiro atoms. The Morgan fingerprint density at radius 2 is 1.97 bits per heavy atom. The van der Waals surface area contributed by atoms with Gasteiger partial charge in [0.05, 0.1) is 12.6 Å². The highest BCUT2D eigenvalue weighted by Gasteiger charge is 2.28. The van der Waals surface area contributed by atoms with Crippen molar-refractivity contribution < 1.29 is 19.1 Å². The van der Waals surface area contributed by atoms with Crippen LogP contribution in [0, 0.1) is 0 Å². The molecule has 9 heteroatoms. The van der Waals surface area contributed by atoms with Crippen molar-refractivity contribution in [3.8, 4) is 11.5 Å². The van der Waals surface area contributed by atoms with Crippen LogP contribution >= 0.6 is 0 Å². The Balaban J connectivity index is 1.32. The quantitative estimate of drug-likeness (QED) is 0.523. The van der Waals surface area contributed by atoms with Crippen molar-refractivity contribution in [1.82, 2.24) is 10.7 Å². The van der Waals surface area contributed by atoms with Gasteiger partial charge in [0.15, 0.2) is 11.5 Å². The molecule has 2 amide bonds. The molecule has 0 saturated heterocycles. The maximum Gasteiger partial charge on any atom is 0.252 e. The van der Waals surface area contributed by atoms with E-state index >= 15 is 0 Å². The summed E-state index contributed by atoms with van der Waals surface area (Å²) in [5.74, 6) is 0.730. The minimum absolute atomic E-state index is 0.0894. The monoisotopic (exact) mass is 393 g/mol. The smallest absolute Gasteiger partial charge is 0.252 e. The van der Waals surface area contributed by atoms with Crippen LogP contribution in [0.25, 0.3) is 0 Å². The number of fused-ring (bicyclic) bond motifs is 1. The Morgan fingerprint density at radius 1 is 1.17 bits per heavy atom. The molecule has 9 nitrogen and oxygen atoms in total. The highest BCUT2D eigenvalue weighted by Crippen LogP contribution is 2.32. The normalized spacial score (nSPS) is 17.6. The molecule has 148 valence electrons. The fraction of sp³-hybridized carbons (Fsp3) is 0.200. The molecule has 0 radical (unpaired) electrons. The fourth-order valence-electron chi connectivity index (χ4n) is 2.86. The van der Waals surface area contributed by atoms with Crippen LogP contribution in [0.15, 0.2) is 58.6 Å². The lowest BCUT2D eigenvalue weighted by molar-refractivity contribution is -0.123. The van der Waals surface area contributed by atoms with E-state index in [2.05, 4.69) is 26.2 Å². The lowest BCUT2D eigenvalue weighted by Crippen LogP contribution is -2.35. The third-order valence-electron chi connectivity index (χ3n) is 4.22. The number of amides is 2. The number of guanidine groups is 1. The molecule has 0 bridgehead atoms. The lowest BCUT2D eigenvalue weighted by Gasteiger charge is -2.19.